The summed E-state index contributed by atoms with van der Waals surface area (Å²) in [6.07, 6.45) is 1.57. The summed E-state index contributed by atoms with van der Waals surface area (Å²) in [5.74, 6) is 0.544. The molecule has 0 aliphatic carbocycles. The van der Waals surface area contributed by atoms with Crippen molar-refractivity contribution in [2.24, 2.45) is 0 Å². The molecule has 104 valence electrons. The zero-order valence-electron chi connectivity index (χ0n) is 11.7. The molecule has 0 radical (unpaired) electrons. The topological polar surface area (TPSA) is 63.2 Å². The smallest absolute Gasteiger partial charge is 0.259 e. The number of hydrogen-bond acceptors (Lipinski definition) is 4. The summed E-state index contributed by atoms with van der Waals surface area (Å²) < 4.78 is 5.08. The molecule has 1 aromatic heterocycles. The second kappa shape index (κ2) is 6.06. The van der Waals surface area contributed by atoms with Crippen molar-refractivity contribution in [3.63, 3.8) is 0 Å². The first-order chi connectivity index (χ1) is 9.63. The van der Waals surface area contributed by atoms with Crippen LogP contribution < -0.4 is 15.4 Å². The quantitative estimate of drug-likeness (QED) is 0.897. The van der Waals surface area contributed by atoms with Crippen LogP contribution in [0.4, 0.5) is 11.4 Å². The molecule has 0 unspecified atom stereocenters. The Kier molecular flexibility index (Phi) is 4.20. The monoisotopic (exact) mass is 271 g/mol. The molecule has 2 rings (SSSR count). The maximum atomic E-state index is 12.2. The van der Waals surface area contributed by atoms with Crippen molar-refractivity contribution in [2.75, 3.05) is 24.8 Å². The highest BCUT2D eigenvalue weighted by atomic mass is 16.5. The number of hydrogen-bond donors (Lipinski definition) is 2. The summed E-state index contributed by atoms with van der Waals surface area (Å²) in [6, 6.07) is 9.00. The molecule has 0 aliphatic rings. The zero-order valence-corrected chi connectivity index (χ0v) is 11.7. The third-order valence-corrected chi connectivity index (χ3v) is 2.90. The molecule has 2 N–H and O–H groups in total. The van der Waals surface area contributed by atoms with Crippen molar-refractivity contribution in [1.29, 1.82) is 0 Å². The fraction of sp³-hybridized carbons (Fsp3) is 0.200. The van der Waals surface area contributed by atoms with Gasteiger partial charge in [-0.1, -0.05) is 0 Å². The SMILES string of the molecule is CNc1cc(C)ncc1C(=O)Nc1ccc(OC)cc1. The largest absolute Gasteiger partial charge is 0.497 e. The van der Waals surface area contributed by atoms with Gasteiger partial charge in [0.15, 0.2) is 0 Å². The Morgan fingerprint density at radius 2 is 1.95 bits per heavy atom. The van der Waals surface area contributed by atoms with E-state index >= 15 is 0 Å². The number of methoxy groups -OCH3 is 1. The van der Waals surface area contributed by atoms with Crippen LogP contribution in [0, 0.1) is 6.92 Å². The van der Waals surface area contributed by atoms with E-state index in [4.69, 9.17) is 4.74 Å². The molecule has 0 aliphatic heterocycles. The minimum atomic E-state index is -0.202. The van der Waals surface area contributed by atoms with Gasteiger partial charge in [0.1, 0.15) is 5.75 Å². The molecule has 2 aromatic rings. The first-order valence-electron chi connectivity index (χ1n) is 6.24. The highest BCUT2D eigenvalue weighted by Gasteiger charge is 2.11. The normalized spacial score (nSPS) is 9.95. The van der Waals surface area contributed by atoms with Gasteiger partial charge in [-0.15, -0.1) is 0 Å². The fourth-order valence-corrected chi connectivity index (χ4v) is 1.82. The maximum absolute atomic E-state index is 12.2. The van der Waals surface area contributed by atoms with Crippen LogP contribution in [0.1, 0.15) is 16.1 Å². The first kappa shape index (κ1) is 13.9. The summed E-state index contributed by atoms with van der Waals surface area (Å²) in [5, 5.41) is 5.83. The van der Waals surface area contributed by atoms with Gasteiger partial charge < -0.3 is 15.4 Å². The lowest BCUT2D eigenvalue weighted by molar-refractivity contribution is 0.102. The van der Waals surface area contributed by atoms with Gasteiger partial charge in [0, 0.05) is 24.6 Å². The number of rotatable bonds is 4. The lowest BCUT2D eigenvalue weighted by atomic mass is 10.2. The molecule has 1 heterocycles. The summed E-state index contributed by atoms with van der Waals surface area (Å²) in [6.45, 7) is 1.88. The Morgan fingerprint density at radius 3 is 2.55 bits per heavy atom. The predicted molar refractivity (Wildman–Crippen MR) is 79.5 cm³/mol. The Labute approximate surface area is 118 Å². The number of nitrogens with one attached hydrogen (secondary N) is 2. The summed E-state index contributed by atoms with van der Waals surface area (Å²) in [5.41, 5.74) is 2.83. The van der Waals surface area contributed by atoms with Crippen LogP contribution in [-0.4, -0.2) is 25.0 Å². The van der Waals surface area contributed by atoms with Gasteiger partial charge in [0.25, 0.3) is 5.91 Å². The van der Waals surface area contributed by atoms with Crippen LogP contribution >= 0.6 is 0 Å². The van der Waals surface area contributed by atoms with E-state index in [1.54, 1.807) is 44.6 Å². The molecule has 20 heavy (non-hydrogen) atoms. The van der Waals surface area contributed by atoms with E-state index < -0.39 is 0 Å². The Morgan fingerprint density at radius 1 is 1.25 bits per heavy atom. The number of nitrogens with zero attached hydrogens (tertiary/aromatic N) is 1. The molecule has 0 saturated carbocycles. The van der Waals surface area contributed by atoms with E-state index in [0.29, 0.717) is 11.3 Å². The third kappa shape index (κ3) is 3.06. The van der Waals surface area contributed by atoms with Crippen LogP contribution in [0.5, 0.6) is 5.75 Å². The summed E-state index contributed by atoms with van der Waals surface area (Å²) in [7, 11) is 3.38. The van der Waals surface area contributed by atoms with Crippen LogP contribution in [0.25, 0.3) is 0 Å². The van der Waals surface area contributed by atoms with Crippen LogP contribution in [0.3, 0.4) is 0 Å². The molecule has 0 bridgehead atoms. The minimum absolute atomic E-state index is 0.202. The Hall–Kier alpha value is -2.56. The maximum Gasteiger partial charge on any atom is 0.259 e. The lowest BCUT2D eigenvalue weighted by Crippen LogP contribution is -2.14. The van der Waals surface area contributed by atoms with Crippen LogP contribution in [0.15, 0.2) is 36.5 Å². The second-order valence-corrected chi connectivity index (χ2v) is 4.30. The van der Waals surface area contributed by atoms with Crippen molar-refractivity contribution in [2.45, 2.75) is 6.92 Å². The van der Waals surface area contributed by atoms with Crippen molar-refractivity contribution in [1.82, 2.24) is 4.98 Å². The summed E-state index contributed by atoms with van der Waals surface area (Å²) >= 11 is 0. The standard InChI is InChI=1S/C15H17N3O2/c1-10-8-14(16-2)13(9-17-10)15(19)18-11-4-6-12(20-3)7-5-11/h4-9H,1-3H3,(H,16,17)(H,18,19). The number of aromatic nitrogens is 1. The Bertz CT molecular complexity index is 609. The minimum Gasteiger partial charge on any atom is -0.497 e. The van der Waals surface area contributed by atoms with Gasteiger partial charge >= 0.3 is 0 Å². The molecule has 0 atom stereocenters. The predicted octanol–water partition coefficient (Wildman–Crippen LogP) is 2.69. The van der Waals surface area contributed by atoms with Gasteiger partial charge in [-0.3, -0.25) is 9.78 Å². The molecular weight excluding hydrogens is 254 g/mol. The molecule has 0 saturated heterocycles. The van der Waals surface area contributed by atoms with Crippen molar-refractivity contribution >= 4 is 17.3 Å². The van der Waals surface area contributed by atoms with Gasteiger partial charge in [-0.2, -0.15) is 0 Å². The number of amides is 1. The van der Waals surface area contributed by atoms with Gasteiger partial charge in [-0.25, -0.2) is 0 Å². The average Bonchev–Trinajstić information content (AvgIpc) is 2.47. The van der Waals surface area contributed by atoms with Gasteiger partial charge in [-0.05, 0) is 37.3 Å². The molecule has 1 amide bonds. The van der Waals surface area contributed by atoms with E-state index in [1.165, 1.54) is 0 Å². The van der Waals surface area contributed by atoms with Crippen molar-refractivity contribution in [3.8, 4) is 5.75 Å². The number of carbonyl (C=O) groups is 1. The average molecular weight is 271 g/mol. The van der Waals surface area contributed by atoms with E-state index in [0.717, 1.165) is 17.1 Å². The van der Waals surface area contributed by atoms with Crippen LogP contribution in [0.2, 0.25) is 0 Å². The number of benzene rings is 1. The van der Waals surface area contributed by atoms with Crippen molar-refractivity contribution < 1.29 is 9.53 Å². The van der Waals surface area contributed by atoms with Crippen LogP contribution in [-0.2, 0) is 0 Å². The first-order valence-corrected chi connectivity index (χ1v) is 6.24. The highest BCUT2D eigenvalue weighted by Crippen LogP contribution is 2.19. The number of carbonyl (C=O) groups excluding carboxylic acids is 1. The number of pyridine rings is 1. The van der Waals surface area contributed by atoms with Gasteiger partial charge in [0.05, 0.1) is 18.4 Å². The highest BCUT2D eigenvalue weighted by molar-refractivity contribution is 6.07. The van der Waals surface area contributed by atoms with E-state index in [-0.39, 0.29) is 5.91 Å². The molecular formula is C15H17N3O2. The molecule has 5 heteroatoms. The second-order valence-electron chi connectivity index (χ2n) is 4.30. The molecule has 0 spiro atoms. The zero-order chi connectivity index (χ0) is 14.5. The van der Waals surface area contributed by atoms with E-state index in [2.05, 4.69) is 15.6 Å². The fourth-order valence-electron chi connectivity index (χ4n) is 1.82. The number of aryl methyl sites for hydroxylation is 1. The van der Waals surface area contributed by atoms with Gasteiger partial charge in [0.2, 0.25) is 0 Å². The van der Waals surface area contributed by atoms with Crippen molar-refractivity contribution in [3.05, 3.63) is 47.8 Å². The number of ether oxygens (including phenoxy) is 1. The molecule has 0 fully saturated rings. The molecule has 1 aromatic carbocycles. The lowest BCUT2D eigenvalue weighted by Gasteiger charge is -2.10. The van der Waals surface area contributed by atoms with E-state index in [1.807, 2.05) is 13.0 Å². The van der Waals surface area contributed by atoms with E-state index in [9.17, 15) is 4.79 Å². The molecule has 5 nitrogen and oxygen atoms in total. The number of anilines is 2. The Balaban J connectivity index is 2.19. The third-order valence-electron chi connectivity index (χ3n) is 2.90. The summed E-state index contributed by atoms with van der Waals surface area (Å²) in [4.78, 5) is 16.4.